The molecule has 8 nitrogen and oxygen atoms in total. The van der Waals surface area contributed by atoms with Gasteiger partial charge in [0.25, 0.3) is 0 Å². The maximum Gasteiger partial charge on any atom is 0.417 e. The maximum absolute atomic E-state index is 14.0. The Labute approximate surface area is 224 Å². The lowest BCUT2D eigenvalue weighted by Crippen LogP contribution is -2.40. The number of aromatic amines is 1. The fourth-order valence-corrected chi connectivity index (χ4v) is 6.45. The van der Waals surface area contributed by atoms with E-state index in [1.54, 1.807) is 4.90 Å². The number of piperidine rings is 1. The average Bonchev–Trinajstić information content (AvgIpc) is 3.26. The van der Waals surface area contributed by atoms with Gasteiger partial charge in [-0.25, -0.2) is 13.5 Å². The van der Waals surface area contributed by atoms with Gasteiger partial charge in [-0.1, -0.05) is 23.7 Å². The van der Waals surface area contributed by atoms with Gasteiger partial charge in [0.1, 0.15) is 0 Å². The van der Waals surface area contributed by atoms with E-state index in [9.17, 15) is 34.8 Å². The third-order valence-corrected chi connectivity index (χ3v) is 8.89. The van der Waals surface area contributed by atoms with E-state index >= 15 is 0 Å². The van der Waals surface area contributed by atoms with Gasteiger partial charge in [-0.2, -0.15) is 31.3 Å². The van der Waals surface area contributed by atoms with Crippen LogP contribution in [-0.4, -0.2) is 59.6 Å². The second-order valence-electron chi connectivity index (χ2n) is 9.02. The molecule has 3 aromatic rings. The highest BCUT2D eigenvalue weighted by Crippen LogP contribution is 2.43. The Morgan fingerprint density at radius 1 is 1.08 bits per heavy atom. The smallest absolute Gasteiger partial charge is 0.368 e. The highest BCUT2D eigenvalue weighted by molar-refractivity contribution is 7.92. The molecule has 1 aliphatic rings. The molecule has 212 valence electrons. The van der Waals surface area contributed by atoms with Crippen LogP contribution in [0.2, 0.25) is 5.02 Å². The highest BCUT2D eigenvalue weighted by atomic mass is 35.5. The van der Waals surface area contributed by atoms with E-state index in [4.69, 9.17) is 17.3 Å². The quantitative estimate of drug-likeness (QED) is 0.301. The van der Waals surface area contributed by atoms with Gasteiger partial charge in [-0.05, 0) is 55.8 Å². The summed E-state index contributed by atoms with van der Waals surface area (Å²) < 4.78 is 106. The van der Waals surface area contributed by atoms with Gasteiger partial charge in [0, 0.05) is 17.8 Å². The van der Waals surface area contributed by atoms with Crippen molar-refractivity contribution in [1.29, 1.82) is 0 Å². The summed E-state index contributed by atoms with van der Waals surface area (Å²) in [6.07, 6.45) is -9.77. The van der Waals surface area contributed by atoms with Crippen molar-refractivity contribution in [2.45, 2.75) is 41.8 Å². The van der Waals surface area contributed by atoms with E-state index in [1.807, 2.05) is 0 Å². The molecule has 2 heterocycles. The molecule has 1 aliphatic heterocycles. The number of halogens is 7. The van der Waals surface area contributed by atoms with Crippen molar-refractivity contribution in [3.05, 3.63) is 47.0 Å². The molecule has 0 atom stereocenters. The Bertz CT molecular complexity index is 1420. The molecule has 1 fully saturated rings. The molecule has 0 bridgehead atoms. The summed E-state index contributed by atoms with van der Waals surface area (Å²) in [6, 6.07) is 6.97. The molecule has 16 heteroatoms. The van der Waals surface area contributed by atoms with Crippen molar-refractivity contribution in [2.75, 3.05) is 30.7 Å². The summed E-state index contributed by atoms with van der Waals surface area (Å²) in [6.45, 7) is 0.195. The monoisotopic (exact) mass is 596 g/mol. The van der Waals surface area contributed by atoms with Crippen LogP contribution in [0.1, 0.15) is 24.8 Å². The minimum absolute atomic E-state index is 0.0432. The van der Waals surface area contributed by atoms with Crippen LogP contribution in [-0.2, 0) is 16.0 Å². The first-order chi connectivity index (χ1) is 18.1. The Kier molecular flexibility index (Phi) is 8.06. The fraction of sp³-hybridized carbons (Fsp3) is 0.391. The number of sulfone groups is 1. The zero-order valence-corrected chi connectivity index (χ0v) is 21.6. The predicted octanol–water partition coefficient (Wildman–Crippen LogP) is 5.66. The molecule has 0 spiro atoms. The second kappa shape index (κ2) is 10.8. The first kappa shape index (κ1) is 29.0. The number of nitrogen functional groups attached to an aromatic ring is 1. The lowest BCUT2D eigenvalue weighted by molar-refractivity contribution is -0.138. The molecule has 2 aromatic carbocycles. The topological polar surface area (TPSA) is 117 Å². The van der Waals surface area contributed by atoms with Gasteiger partial charge in [0.05, 0.1) is 27.2 Å². The lowest BCUT2D eigenvalue weighted by Gasteiger charge is -2.31. The fourth-order valence-electron chi connectivity index (χ4n) is 4.39. The van der Waals surface area contributed by atoms with Crippen LogP contribution in [0.15, 0.2) is 41.3 Å². The average molecular weight is 597 g/mol. The molecule has 0 unspecified atom stereocenters. The summed E-state index contributed by atoms with van der Waals surface area (Å²) >= 11 is 6.26. The van der Waals surface area contributed by atoms with Gasteiger partial charge in [-0.15, -0.1) is 5.10 Å². The third-order valence-electron chi connectivity index (χ3n) is 6.31. The van der Waals surface area contributed by atoms with Gasteiger partial charge >= 0.3 is 12.4 Å². The van der Waals surface area contributed by atoms with Gasteiger partial charge in [0.2, 0.25) is 11.9 Å². The van der Waals surface area contributed by atoms with Crippen LogP contribution in [0, 0.1) is 0 Å². The van der Waals surface area contributed by atoms with Crippen LogP contribution in [0.5, 0.6) is 0 Å². The summed E-state index contributed by atoms with van der Waals surface area (Å²) in [5.74, 6) is -0.108. The number of nitrogens with two attached hydrogens (primary N) is 1. The summed E-state index contributed by atoms with van der Waals surface area (Å²) in [7, 11) is -3.86. The summed E-state index contributed by atoms with van der Waals surface area (Å²) in [5, 5.41) is 7.57. The summed E-state index contributed by atoms with van der Waals surface area (Å²) in [4.78, 5) is 5.25. The van der Waals surface area contributed by atoms with Gasteiger partial charge in [0.15, 0.2) is 9.84 Å². The lowest BCUT2D eigenvalue weighted by atomic mass is 9.98. The maximum atomic E-state index is 14.0. The van der Waals surface area contributed by atoms with Crippen LogP contribution >= 0.6 is 11.6 Å². The van der Waals surface area contributed by atoms with Crippen molar-refractivity contribution < 1.29 is 34.8 Å². The van der Waals surface area contributed by atoms with Gasteiger partial charge < -0.3 is 16.0 Å². The van der Waals surface area contributed by atoms with Crippen molar-refractivity contribution in [3.63, 3.8) is 0 Å². The number of benzene rings is 2. The molecule has 0 aliphatic carbocycles. The predicted molar refractivity (Wildman–Crippen MR) is 133 cm³/mol. The first-order valence-electron chi connectivity index (χ1n) is 11.6. The van der Waals surface area contributed by atoms with E-state index in [1.165, 1.54) is 30.3 Å². The minimum atomic E-state index is -4.81. The van der Waals surface area contributed by atoms with E-state index in [0.717, 1.165) is 6.07 Å². The number of hydrogen-bond donors (Lipinski definition) is 3. The van der Waals surface area contributed by atoms with Crippen LogP contribution in [0.4, 0.5) is 43.9 Å². The number of alkyl halides is 6. The largest absolute Gasteiger partial charge is 0.417 e. The molecule has 0 saturated carbocycles. The Hall–Kier alpha value is -3.04. The van der Waals surface area contributed by atoms with Crippen LogP contribution < -0.4 is 11.1 Å². The second-order valence-corrected chi connectivity index (χ2v) is 11.7. The third kappa shape index (κ3) is 6.94. The minimum Gasteiger partial charge on any atom is -0.368 e. The molecule has 4 rings (SSSR count). The standard InChI is InChI=1S/C23H23ClF6N6O2S/c24-18-12-14(32-21-33-20(31)34-35-21)11-17(23(28,29)30)19(18)13-1-3-15(4-2-13)39(37,38)16-5-8-36(9-6-16)10-7-22(25,26)27/h1-4,11-12,16H,5-10H2,(H4,31,32,33,34,35). The molecule has 0 amide bonds. The molecule has 4 N–H and O–H groups in total. The zero-order valence-electron chi connectivity index (χ0n) is 20.1. The number of hydrogen-bond acceptors (Lipinski definition) is 7. The molecule has 39 heavy (non-hydrogen) atoms. The van der Waals surface area contributed by atoms with Crippen molar-refractivity contribution in [1.82, 2.24) is 20.1 Å². The SMILES string of the molecule is Nc1nc(Nc2cc(Cl)c(-c3ccc(S(=O)(=O)C4CCN(CCC(F)(F)F)CC4)cc3)c(C(F)(F)F)c2)n[nH]1. The number of nitrogens with zero attached hydrogens (tertiary/aromatic N) is 3. The molecule has 0 radical (unpaired) electrons. The van der Waals surface area contributed by atoms with Crippen LogP contribution in [0.3, 0.4) is 0 Å². The first-order valence-corrected chi connectivity index (χ1v) is 13.5. The number of likely N-dealkylation sites (tertiary alicyclic amines) is 1. The Balaban J connectivity index is 1.54. The number of rotatable bonds is 7. The molecule has 1 aromatic heterocycles. The van der Waals surface area contributed by atoms with Crippen molar-refractivity contribution >= 4 is 39.0 Å². The van der Waals surface area contributed by atoms with E-state index in [2.05, 4.69) is 20.5 Å². The van der Waals surface area contributed by atoms with Crippen LogP contribution in [0.25, 0.3) is 11.1 Å². The summed E-state index contributed by atoms with van der Waals surface area (Å²) in [5.41, 5.74) is 4.02. The number of H-pyrrole nitrogens is 1. The molecular weight excluding hydrogens is 574 g/mol. The highest BCUT2D eigenvalue weighted by Gasteiger charge is 2.36. The van der Waals surface area contributed by atoms with Gasteiger partial charge in [-0.3, -0.25) is 0 Å². The van der Waals surface area contributed by atoms with E-state index < -0.39 is 39.4 Å². The van der Waals surface area contributed by atoms with E-state index in [0.29, 0.717) is 0 Å². The molecular formula is C23H23ClF6N6O2S. The Morgan fingerprint density at radius 3 is 2.26 bits per heavy atom. The Morgan fingerprint density at radius 2 is 1.72 bits per heavy atom. The molecule has 1 saturated heterocycles. The van der Waals surface area contributed by atoms with E-state index in [-0.39, 0.29) is 71.1 Å². The number of nitrogens with one attached hydrogen (secondary N) is 2. The normalized spacial score (nSPS) is 16.0. The zero-order chi connectivity index (χ0) is 28.6. The van der Waals surface area contributed by atoms with Crippen molar-refractivity contribution in [2.24, 2.45) is 0 Å². The number of aromatic nitrogens is 3. The number of anilines is 3. The van der Waals surface area contributed by atoms with Crippen molar-refractivity contribution in [3.8, 4) is 11.1 Å².